The standard InChI is InChI=1S/C28H31N3O10S/c1-11-24(12(2)41-30-11)42(39,40)8-7-13-5-6-17(32)19-15(13)9-14-10-16-21(31(3)4)23(34)20(27(29)37)26(36)28(16,38)25(35)18(14)22(19)33/h5-6,14,16,21,32-33,36,38H,7-10H2,1-4H3,(H2,29,37)/t14-,16-,21+,28+/m1/s1. The zero-order valence-electron chi connectivity index (χ0n) is 23.3. The minimum absolute atomic E-state index is 0.00257. The van der Waals surface area contributed by atoms with Crippen LogP contribution in [0.2, 0.25) is 0 Å². The van der Waals surface area contributed by atoms with Crippen molar-refractivity contribution in [1.82, 2.24) is 10.1 Å². The van der Waals surface area contributed by atoms with E-state index in [-0.39, 0.29) is 58.3 Å². The van der Waals surface area contributed by atoms with Crippen LogP contribution >= 0.6 is 0 Å². The normalized spacial score (nSPS) is 25.9. The zero-order valence-corrected chi connectivity index (χ0v) is 24.2. The Morgan fingerprint density at radius 1 is 1.19 bits per heavy atom. The van der Waals surface area contributed by atoms with Crippen LogP contribution < -0.4 is 5.73 Å². The summed E-state index contributed by atoms with van der Waals surface area (Å²) in [6.07, 6.45) is -0.0160. The van der Waals surface area contributed by atoms with Gasteiger partial charge in [-0.15, -0.1) is 0 Å². The number of hydrogen-bond acceptors (Lipinski definition) is 12. The van der Waals surface area contributed by atoms with Crippen LogP contribution in [-0.2, 0) is 37.1 Å². The first-order chi connectivity index (χ1) is 19.5. The lowest BCUT2D eigenvalue weighted by molar-refractivity contribution is -0.153. The average molecular weight is 602 g/mol. The number of phenols is 1. The number of sulfone groups is 1. The molecule has 5 rings (SSSR count). The molecule has 1 heterocycles. The largest absolute Gasteiger partial charge is 0.508 e. The summed E-state index contributed by atoms with van der Waals surface area (Å²) in [7, 11) is -0.784. The van der Waals surface area contributed by atoms with Gasteiger partial charge in [0.15, 0.2) is 27.0 Å². The summed E-state index contributed by atoms with van der Waals surface area (Å²) < 4.78 is 31.3. The molecule has 42 heavy (non-hydrogen) atoms. The quantitative estimate of drug-likeness (QED) is 0.287. The second-order valence-corrected chi connectivity index (χ2v) is 13.3. The monoisotopic (exact) mass is 601 g/mol. The lowest BCUT2D eigenvalue weighted by atomic mass is 9.57. The van der Waals surface area contributed by atoms with Crippen molar-refractivity contribution in [1.29, 1.82) is 0 Å². The molecule has 14 heteroatoms. The van der Waals surface area contributed by atoms with Crippen molar-refractivity contribution in [2.75, 3.05) is 19.8 Å². The first kappa shape index (κ1) is 29.5. The molecule has 0 saturated heterocycles. The number of aromatic hydroxyl groups is 1. The number of Topliss-reactive ketones (excluding diaryl/α,β-unsaturated/α-hetero) is 2. The number of ketones is 2. The van der Waals surface area contributed by atoms with Gasteiger partial charge in [-0.1, -0.05) is 11.2 Å². The number of carbonyl (C=O) groups is 3. The third-order valence-electron chi connectivity index (χ3n) is 8.62. The van der Waals surface area contributed by atoms with Crippen molar-refractivity contribution in [2.45, 2.75) is 49.6 Å². The number of aromatic nitrogens is 1. The summed E-state index contributed by atoms with van der Waals surface area (Å²) in [5.41, 5.74) is 2.48. The topological polar surface area (TPSA) is 222 Å². The number of fused-ring (bicyclic) bond motifs is 3. The number of aliphatic hydroxyl groups excluding tert-OH is 2. The van der Waals surface area contributed by atoms with E-state index in [0.717, 1.165) is 0 Å². The van der Waals surface area contributed by atoms with Gasteiger partial charge in [0.05, 0.1) is 23.1 Å². The number of carbonyl (C=O) groups excluding carboxylic acids is 3. The fourth-order valence-corrected chi connectivity index (χ4v) is 8.46. The number of amides is 1. The van der Waals surface area contributed by atoms with E-state index in [4.69, 9.17) is 10.3 Å². The molecule has 1 fully saturated rings. The Labute approximate surface area is 240 Å². The number of nitrogens with zero attached hydrogens (tertiary/aromatic N) is 2. The van der Waals surface area contributed by atoms with Crippen LogP contribution in [0.4, 0.5) is 0 Å². The summed E-state index contributed by atoms with van der Waals surface area (Å²) in [4.78, 5) is 40.7. The number of aliphatic hydroxyl groups is 3. The van der Waals surface area contributed by atoms with Crippen LogP contribution in [0, 0.1) is 25.7 Å². The first-order valence-electron chi connectivity index (χ1n) is 13.2. The van der Waals surface area contributed by atoms with Crippen molar-refractivity contribution in [3.8, 4) is 5.75 Å². The predicted molar refractivity (Wildman–Crippen MR) is 146 cm³/mol. The molecular formula is C28H31N3O10S. The maximum Gasteiger partial charge on any atom is 0.255 e. The Bertz CT molecular complexity index is 1720. The molecule has 224 valence electrons. The Balaban J connectivity index is 1.61. The third-order valence-corrected chi connectivity index (χ3v) is 10.6. The van der Waals surface area contributed by atoms with Crippen LogP contribution in [0.25, 0.3) is 5.76 Å². The molecule has 1 aromatic heterocycles. The SMILES string of the molecule is Cc1noc(C)c1S(=O)(=O)CCc1ccc(O)c2c1C[C@@H]1C[C@@H]3[C@H](N(C)C)C(=O)C(C(N)=O)=C(O)[C@@]3(O)C(=O)C1=C2O. The van der Waals surface area contributed by atoms with Gasteiger partial charge in [0.25, 0.3) is 5.91 Å². The Kier molecular flexibility index (Phi) is 6.87. The van der Waals surface area contributed by atoms with E-state index in [2.05, 4.69) is 5.16 Å². The predicted octanol–water partition coefficient (Wildman–Crippen LogP) is 0.585. The van der Waals surface area contributed by atoms with Crippen molar-refractivity contribution >= 4 is 33.1 Å². The van der Waals surface area contributed by atoms with Gasteiger partial charge >= 0.3 is 0 Å². The molecule has 13 nitrogen and oxygen atoms in total. The molecule has 2 aromatic rings. The van der Waals surface area contributed by atoms with Crippen molar-refractivity contribution in [2.24, 2.45) is 17.6 Å². The van der Waals surface area contributed by atoms with Gasteiger partial charge in [-0.25, -0.2) is 8.42 Å². The maximum atomic E-state index is 13.9. The molecule has 6 N–H and O–H groups in total. The van der Waals surface area contributed by atoms with Gasteiger partial charge < -0.3 is 30.7 Å². The summed E-state index contributed by atoms with van der Waals surface area (Å²) >= 11 is 0. The minimum atomic E-state index is -3.82. The van der Waals surface area contributed by atoms with Crippen LogP contribution in [0.1, 0.15) is 34.6 Å². The van der Waals surface area contributed by atoms with E-state index < -0.39 is 67.9 Å². The van der Waals surface area contributed by atoms with Gasteiger partial charge in [0, 0.05) is 11.5 Å². The second kappa shape index (κ2) is 9.78. The van der Waals surface area contributed by atoms with Gasteiger partial charge in [0.1, 0.15) is 27.7 Å². The van der Waals surface area contributed by atoms with Crippen LogP contribution in [-0.4, -0.2) is 87.9 Å². The van der Waals surface area contributed by atoms with E-state index in [9.17, 15) is 43.2 Å². The van der Waals surface area contributed by atoms with Crippen LogP contribution in [0.5, 0.6) is 5.75 Å². The molecule has 3 aliphatic carbocycles. The number of aryl methyl sites for hydroxylation is 3. The van der Waals surface area contributed by atoms with Gasteiger partial charge in [-0.05, 0) is 70.3 Å². The highest BCUT2D eigenvalue weighted by molar-refractivity contribution is 7.91. The van der Waals surface area contributed by atoms with Crippen molar-refractivity contribution in [3.05, 3.63) is 57.2 Å². The number of nitrogens with two attached hydrogens (primary N) is 1. The van der Waals surface area contributed by atoms with E-state index in [0.29, 0.717) is 11.1 Å². The number of benzene rings is 1. The molecule has 1 amide bonds. The van der Waals surface area contributed by atoms with Crippen LogP contribution in [0.3, 0.4) is 0 Å². The molecule has 3 aliphatic rings. The lowest BCUT2D eigenvalue weighted by Gasteiger charge is -2.50. The highest BCUT2D eigenvalue weighted by atomic mass is 32.2. The molecule has 1 aromatic carbocycles. The smallest absolute Gasteiger partial charge is 0.255 e. The Morgan fingerprint density at radius 2 is 1.86 bits per heavy atom. The van der Waals surface area contributed by atoms with Gasteiger partial charge in [-0.3, -0.25) is 19.3 Å². The fourth-order valence-electron chi connectivity index (χ4n) is 6.81. The summed E-state index contributed by atoms with van der Waals surface area (Å²) in [5, 5.41) is 48.4. The second-order valence-electron chi connectivity index (χ2n) is 11.3. The molecule has 1 saturated carbocycles. The van der Waals surface area contributed by atoms with Crippen LogP contribution in [0.15, 0.2) is 38.5 Å². The molecule has 0 unspecified atom stereocenters. The Hall–Kier alpha value is -4.01. The average Bonchev–Trinajstić information content (AvgIpc) is 3.23. The first-order valence-corrected chi connectivity index (χ1v) is 14.8. The van der Waals surface area contributed by atoms with E-state index in [1.807, 2.05) is 0 Å². The van der Waals surface area contributed by atoms with Gasteiger partial charge in [0.2, 0.25) is 5.78 Å². The highest BCUT2D eigenvalue weighted by Crippen LogP contribution is 2.53. The summed E-state index contributed by atoms with van der Waals surface area (Å²) in [5.74, 6) is -7.61. The third kappa shape index (κ3) is 4.07. The number of primary amides is 1. The number of rotatable bonds is 6. The Morgan fingerprint density at radius 3 is 2.43 bits per heavy atom. The fraction of sp³-hybridized carbons (Fsp3) is 0.429. The number of likely N-dealkylation sites (N-methyl/N-ethyl adjacent to an activating group) is 1. The summed E-state index contributed by atoms with van der Waals surface area (Å²) in [6.45, 7) is 3.02. The molecular weight excluding hydrogens is 570 g/mol. The molecule has 0 aliphatic heterocycles. The molecule has 0 bridgehead atoms. The number of hydrogen-bond donors (Lipinski definition) is 5. The zero-order chi connectivity index (χ0) is 31.0. The summed E-state index contributed by atoms with van der Waals surface area (Å²) in [6, 6.07) is 1.60. The van der Waals surface area contributed by atoms with E-state index >= 15 is 0 Å². The van der Waals surface area contributed by atoms with E-state index in [1.165, 1.54) is 45.0 Å². The van der Waals surface area contributed by atoms with Crippen molar-refractivity contribution < 1.29 is 47.8 Å². The van der Waals surface area contributed by atoms with Gasteiger partial charge in [-0.2, -0.15) is 0 Å². The molecule has 0 spiro atoms. The number of phenolic OH excluding ortho intramolecular Hbond substituents is 1. The molecule has 0 radical (unpaired) electrons. The highest BCUT2D eigenvalue weighted by Gasteiger charge is 2.64. The van der Waals surface area contributed by atoms with E-state index in [1.54, 1.807) is 0 Å². The maximum absolute atomic E-state index is 13.9. The minimum Gasteiger partial charge on any atom is -0.508 e. The molecule has 4 atom stereocenters. The van der Waals surface area contributed by atoms with Crippen molar-refractivity contribution in [3.63, 3.8) is 0 Å². The lowest BCUT2D eigenvalue weighted by Crippen LogP contribution is -2.65.